The zero-order chi connectivity index (χ0) is 22.6. The Morgan fingerprint density at radius 1 is 1.12 bits per heavy atom. The zero-order valence-electron chi connectivity index (χ0n) is 18.5. The molecule has 5 rings (SSSR count). The number of pyridine rings is 1. The fourth-order valence-corrected chi connectivity index (χ4v) is 4.20. The van der Waals surface area contributed by atoms with E-state index in [-0.39, 0.29) is 12.7 Å². The first-order valence-electron chi connectivity index (χ1n) is 11.2. The number of piperidine rings is 1. The van der Waals surface area contributed by atoms with Crippen LogP contribution in [0.1, 0.15) is 24.0 Å². The third-order valence-corrected chi connectivity index (χ3v) is 5.95. The van der Waals surface area contributed by atoms with Gasteiger partial charge in [-0.2, -0.15) is 0 Å². The molecular weight excluding hydrogens is 416 g/mol. The molecule has 0 unspecified atom stereocenters. The largest absolute Gasteiger partial charge is 0.490 e. The van der Waals surface area contributed by atoms with Gasteiger partial charge in [-0.25, -0.2) is 9.97 Å². The van der Waals surface area contributed by atoms with Crippen LogP contribution in [0.2, 0.25) is 0 Å². The van der Waals surface area contributed by atoms with Crippen LogP contribution in [0.4, 0.5) is 5.82 Å². The van der Waals surface area contributed by atoms with Crippen molar-refractivity contribution >= 4 is 23.3 Å². The summed E-state index contributed by atoms with van der Waals surface area (Å²) in [6.07, 6.45) is 3.87. The predicted molar refractivity (Wildman–Crippen MR) is 127 cm³/mol. The van der Waals surface area contributed by atoms with Gasteiger partial charge in [0.2, 0.25) is 0 Å². The van der Waals surface area contributed by atoms with Gasteiger partial charge in [-0.05, 0) is 54.4 Å². The van der Waals surface area contributed by atoms with Crippen molar-refractivity contribution in [2.75, 3.05) is 18.0 Å². The third kappa shape index (κ3) is 4.82. The number of ether oxygens (including phenoxy) is 2. The van der Waals surface area contributed by atoms with Gasteiger partial charge in [0.05, 0.1) is 11.0 Å². The van der Waals surface area contributed by atoms with Gasteiger partial charge >= 0.3 is 0 Å². The minimum Gasteiger partial charge on any atom is -0.490 e. The van der Waals surface area contributed by atoms with Crippen molar-refractivity contribution in [1.82, 2.24) is 15.0 Å². The monoisotopic (exact) mass is 442 g/mol. The van der Waals surface area contributed by atoms with Gasteiger partial charge in [0, 0.05) is 37.7 Å². The molecule has 1 aliphatic heterocycles. The fraction of sp³-hybridized carbons (Fsp3) is 0.269. The van der Waals surface area contributed by atoms with Crippen molar-refractivity contribution in [3.8, 4) is 17.1 Å². The number of nitrogens with zero attached hydrogens (tertiary/aromatic N) is 3. The van der Waals surface area contributed by atoms with E-state index in [0.717, 1.165) is 65.5 Å². The average molecular weight is 443 g/mol. The number of H-pyrrole nitrogens is 1. The molecule has 2 aromatic heterocycles. The number of benzene rings is 2. The molecule has 0 saturated carbocycles. The molecule has 1 aliphatic rings. The summed E-state index contributed by atoms with van der Waals surface area (Å²) in [6, 6.07) is 18.1. The van der Waals surface area contributed by atoms with Gasteiger partial charge in [0.15, 0.2) is 0 Å². The van der Waals surface area contributed by atoms with Crippen LogP contribution in [-0.2, 0) is 16.1 Å². The number of aryl methyl sites for hydroxylation is 1. The lowest BCUT2D eigenvalue weighted by Crippen LogP contribution is -2.38. The van der Waals surface area contributed by atoms with E-state index in [2.05, 4.69) is 47.1 Å². The Balaban J connectivity index is 1.19. The molecule has 1 N–H and O–H groups in total. The molecule has 33 heavy (non-hydrogen) atoms. The van der Waals surface area contributed by atoms with E-state index in [1.165, 1.54) is 5.56 Å². The smallest absolute Gasteiger partial charge is 0.293 e. The lowest BCUT2D eigenvalue weighted by molar-refractivity contribution is -0.129. The number of fused-ring (bicyclic) bond motifs is 1. The Morgan fingerprint density at radius 2 is 2.00 bits per heavy atom. The van der Waals surface area contributed by atoms with Crippen LogP contribution in [-0.4, -0.2) is 40.6 Å². The van der Waals surface area contributed by atoms with Gasteiger partial charge in [0.25, 0.3) is 6.47 Å². The number of nitrogens with one attached hydrogen (secondary N) is 1. The number of aromatic amines is 1. The summed E-state index contributed by atoms with van der Waals surface area (Å²) in [6.45, 7) is 4.56. The van der Waals surface area contributed by atoms with Crippen LogP contribution in [0.15, 0.2) is 60.8 Å². The summed E-state index contributed by atoms with van der Waals surface area (Å²) in [5, 5.41) is 0. The summed E-state index contributed by atoms with van der Waals surface area (Å²) in [4.78, 5) is 25.5. The summed E-state index contributed by atoms with van der Waals surface area (Å²) in [7, 11) is 0. The van der Waals surface area contributed by atoms with Crippen LogP contribution < -0.4 is 9.64 Å². The molecule has 3 heterocycles. The van der Waals surface area contributed by atoms with E-state index in [1.807, 2.05) is 30.5 Å². The highest BCUT2D eigenvalue weighted by Crippen LogP contribution is 2.25. The van der Waals surface area contributed by atoms with Crippen LogP contribution in [0, 0.1) is 6.92 Å². The zero-order valence-corrected chi connectivity index (χ0v) is 18.5. The standard InChI is InChI=1S/C26H26N4O3/c1-18-5-7-23-24(13-18)29-26(28-23)20-6-8-25(27-15-20)30-11-9-21(10-12-30)33-22-4-2-3-19(14-22)16-32-17-31/h2-8,13-15,17,21H,9-12,16H2,1H3,(H,28,29). The molecule has 0 amide bonds. The first kappa shape index (κ1) is 21.0. The van der Waals surface area contributed by atoms with Crippen LogP contribution in [0.3, 0.4) is 0 Å². The molecule has 0 bridgehead atoms. The number of aromatic nitrogens is 3. The number of hydrogen-bond donors (Lipinski definition) is 1. The molecule has 168 valence electrons. The number of hydrogen-bond acceptors (Lipinski definition) is 6. The van der Waals surface area contributed by atoms with Crippen LogP contribution in [0.25, 0.3) is 22.4 Å². The van der Waals surface area contributed by atoms with Gasteiger partial charge in [0.1, 0.15) is 30.1 Å². The molecule has 0 atom stereocenters. The van der Waals surface area contributed by atoms with Crippen molar-refractivity contribution in [2.24, 2.45) is 0 Å². The Bertz CT molecular complexity index is 1240. The van der Waals surface area contributed by atoms with E-state index in [0.29, 0.717) is 6.47 Å². The van der Waals surface area contributed by atoms with Crippen molar-refractivity contribution in [3.05, 3.63) is 71.9 Å². The maximum atomic E-state index is 10.4. The average Bonchev–Trinajstić information content (AvgIpc) is 3.27. The normalized spacial score (nSPS) is 14.4. The van der Waals surface area contributed by atoms with Crippen molar-refractivity contribution in [3.63, 3.8) is 0 Å². The molecule has 0 radical (unpaired) electrons. The number of imidazole rings is 1. The minimum absolute atomic E-state index is 0.154. The fourth-order valence-electron chi connectivity index (χ4n) is 4.20. The molecule has 1 saturated heterocycles. The van der Waals surface area contributed by atoms with Gasteiger partial charge in [-0.15, -0.1) is 0 Å². The summed E-state index contributed by atoms with van der Waals surface area (Å²) in [5.41, 5.74) is 5.09. The SMILES string of the molecule is Cc1ccc2[nH]c(-c3ccc(N4CCC(Oc5cccc(COC=O)c5)CC4)nc3)nc2c1. The van der Waals surface area contributed by atoms with Gasteiger partial charge in [-0.1, -0.05) is 18.2 Å². The van der Waals surface area contributed by atoms with E-state index in [4.69, 9.17) is 19.4 Å². The minimum atomic E-state index is 0.154. The summed E-state index contributed by atoms with van der Waals surface area (Å²) >= 11 is 0. The molecular formula is C26H26N4O3. The Hall–Kier alpha value is -3.87. The molecule has 0 aliphatic carbocycles. The third-order valence-electron chi connectivity index (χ3n) is 5.95. The number of anilines is 1. The lowest BCUT2D eigenvalue weighted by Gasteiger charge is -2.33. The second kappa shape index (κ2) is 9.32. The second-order valence-corrected chi connectivity index (χ2v) is 8.37. The highest BCUT2D eigenvalue weighted by Gasteiger charge is 2.22. The second-order valence-electron chi connectivity index (χ2n) is 8.37. The number of carbonyl (C=O) groups excluding carboxylic acids is 1. The molecule has 2 aromatic carbocycles. The van der Waals surface area contributed by atoms with E-state index in [9.17, 15) is 4.79 Å². The Morgan fingerprint density at radius 3 is 2.79 bits per heavy atom. The van der Waals surface area contributed by atoms with E-state index in [1.54, 1.807) is 0 Å². The summed E-state index contributed by atoms with van der Waals surface area (Å²) in [5.74, 6) is 2.61. The number of rotatable bonds is 7. The first-order chi connectivity index (χ1) is 16.2. The molecule has 0 spiro atoms. The lowest BCUT2D eigenvalue weighted by atomic mass is 10.1. The topological polar surface area (TPSA) is 80.3 Å². The van der Waals surface area contributed by atoms with Gasteiger partial charge < -0.3 is 19.4 Å². The molecule has 4 aromatic rings. The predicted octanol–water partition coefficient (Wildman–Crippen LogP) is 4.65. The van der Waals surface area contributed by atoms with Crippen LogP contribution >= 0.6 is 0 Å². The molecule has 7 heteroatoms. The molecule has 7 nitrogen and oxygen atoms in total. The Kier molecular flexibility index (Phi) is 5.93. The first-order valence-corrected chi connectivity index (χ1v) is 11.2. The Labute approximate surface area is 192 Å². The molecule has 1 fully saturated rings. The van der Waals surface area contributed by atoms with Gasteiger partial charge in [-0.3, -0.25) is 4.79 Å². The maximum absolute atomic E-state index is 10.4. The highest BCUT2D eigenvalue weighted by molar-refractivity contribution is 5.80. The van der Waals surface area contributed by atoms with E-state index >= 15 is 0 Å². The van der Waals surface area contributed by atoms with Crippen LogP contribution in [0.5, 0.6) is 5.75 Å². The maximum Gasteiger partial charge on any atom is 0.293 e. The quantitative estimate of drug-likeness (QED) is 0.420. The highest BCUT2D eigenvalue weighted by atomic mass is 16.5. The van der Waals surface area contributed by atoms with Crippen molar-refractivity contribution < 1.29 is 14.3 Å². The van der Waals surface area contributed by atoms with Crippen molar-refractivity contribution in [1.29, 1.82) is 0 Å². The van der Waals surface area contributed by atoms with E-state index < -0.39 is 0 Å². The summed E-state index contributed by atoms with van der Waals surface area (Å²) < 4.78 is 11.0. The number of carbonyl (C=O) groups is 1. The van der Waals surface area contributed by atoms with Crippen molar-refractivity contribution in [2.45, 2.75) is 32.5 Å².